The van der Waals surface area contributed by atoms with Gasteiger partial charge in [-0.05, 0) is 38.4 Å². The third kappa shape index (κ3) is 12.3. The second-order valence-corrected chi connectivity index (χ2v) is 5.13. The summed E-state index contributed by atoms with van der Waals surface area (Å²) in [6.45, 7) is 11.6. The number of hydrogen-bond donors (Lipinski definition) is 1. The van der Waals surface area contributed by atoms with Crippen LogP contribution in [0.15, 0.2) is 0 Å². The standard InChI is InChI=1S/C14H32N2O2/c1-14(2)13-15-7-5-8-16(10-12-18-4)9-6-11-17-3/h14-15H,5-13H2,1-4H3. The Balaban J connectivity index is 3.58. The minimum Gasteiger partial charge on any atom is -0.385 e. The lowest BCUT2D eigenvalue weighted by atomic mass is 10.2. The molecule has 18 heavy (non-hydrogen) atoms. The van der Waals surface area contributed by atoms with E-state index in [1.807, 2.05) is 0 Å². The van der Waals surface area contributed by atoms with Crippen LogP contribution < -0.4 is 5.32 Å². The van der Waals surface area contributed by atoms with E-state index in [1.165, 1.54) is 6.42 Å². The molecule has 0 saturated carbocycles. The van der Waals surface area contributed by atoms with Crippen molar-refractivity contribution in [2.24, 2.45) is 5.92 Å². The molecule has 0 bridgehead atoms. The highest BCUT2D eigenvalue weighted by Crippen LogP contribution is 1.95. The van der Waals surface area contributed by atoms with Crippen molar-refractivity contribution in [1.82, 2.24) is 10.2 Å². The van der Waals surface area contributed by atoms with Gasteiger partial charge in [0.25, 0.3) is 0 Å². The van der Waals surface area contributed by atoms with Gasteiger partial charge < -0.3 is 19.7 Å². The molecule has 0 amide bonds. The van der Waals surface area contributed by atoms with E-state index in [0.717, 1.165) is 58.3 Å². The summed E-state index contributed by atoms with van der Waals surface area (Å²) in [5.74, 6) is 0.733. The van der Waals surface area contributed by atoms with E-state index in [1.54, 1.807) is 14.2 Å². The molecular formula is C14H32N2O2. The molecule has 0 radical (unpaired) electrons. The molecule has 0 aromatic rings. The fraction of sp³-hybridized carbons (Fsp3) is 1.00. The molecule has 0 aliphatic heterocycles. The first-order valence-corrected chi connectivity index (χ1v) is 7.11. The molecular weight excluding hydrogens is 228 g/mol. The van der Waals surface area contributed by atoms with E-state index >= 15 is 0 Å². The minimum atomic E-state index is 0.733. The normalized spacial score (nSPS) is 11.7. The van der Waals surface area contributed by atoms with Crippen LogP contribution in [0, 0.1) is 5.92 Å². The summed E-state index contributed by atoms with van der Waals surface area (Å²) in [5.41, 5.74) is 0. The zero-order valence-corrected chi connectivity index (χ0v) is 12.7. The Labute approximate surface area is 113 Å². The Morgan fingerprint density at radius 2 is 1.61 bits per heavy atom. The molecule has 0 spiro atoms. The Kier molecular flexibility index (Phi) is 13.2. The van der Waals surface area contributed by atoms with Crippen molar-refractivity contribution < 1.29 is 9.47 Å². The molecule has 0 atom stereocenters. The van der Waals surface area contributed by atoms with Crippen molar-refractivity contribution in [3.8, 4) is 0 Å². The van der Waals surface area contributed by atoms with Gasteiger partial charge in [-0.3, -0.25) is 0 Å². The van der Waals surface area contributed by atoms with Crippen LogP contribution >= 0.6 is 0 Å². The van der Waals surface area contributed by atoms with Crippen LogP contribution in [-0.2, 0) is 9.47 Å². The number of rotatable bonds is 13. The quantitative estimate of drug-likeness (QED) is 0.510. The second-order valence-electron chi connectivity index (χ2n) is 5.13. The number of ether oxygens (including phenoxy) is 2. The lowest BCUT2D eigenvalue weighted by Crippen LogP contribution is -2.32. The fourth-order valence-electron chi connectivity index (χ4n) is 1.81. The molecule has 0 aliphatic rings. The van der Waals surface area contributed by atoms with Crippen LogP contribution in [0.4, 0.5) is 0 Å². The predicted octanol–water partition coefficient (Wildman–Crippen LogP) is 1.61. The second kappa shape index (κ2) is 13.3. The average molecular weight is 260 g/mol. The number of methoxy groups -OCH3 is 2. The summed E-state index contributed by atoms with van der Waals surface area (Å²) in [6.07, 6.45) is 2.29. The van der Waals surface area contributed by atoms with E-state index in [-0.39, 0.29) is 0 Å². The zero-order chi connectivity index (χ0) is 13.6. The monoisotopic (exact) mass is 260 g/mol. The summed E-state index contributed by atoms with van der Waals surface area (Å²) < 4.78 is 10.2. The van der Waals surface area contributed by atoms with Crippen molar-refractivity contribution >= 4 is 0 Å². The molecule has 1 N–H and O–H groups in total. The van der Waals surface area contributed by atoms with Crippen LogP contribution in [0.1, 0.15) is 26.7 Å². The lowest BCUT2D eigenvalue weighted by Gasteiger charge is -2.22. The van der Waals surface area contributed by atoms with E-state index in [2.05, 4.69) is 24.1 Å². The van der Waals surface area contributed by atoms with Crippen LogP contribution in [0.2, 0.25) is 0 Å². The van der Waals surface area contributed by atoms with Crippen molar-refractivity contribution in [1.29, 1.82) is 0 Å². The summed E-state index contributed by atoms with van der Waals surface area (Å²) in [5, 5.41) is 3.48. The van der Waals surface area contributed by atoms with Gasteiger partial charge in [0.15, 0.2) is 0 Å². The maximum Gasteiger partial charge on any atom is 0.0589 e. The molecule has 0 unspecified atom stereocenters. The summed E-state index contributed by atoms with van der Waals surface area (Å²) in [7, 11) is 3.52. The van der Waals surface area contributed by atoms with Crippen LogP contribution in [0.3, 0.4) is 0 Å². The molecule has 0 rings (SSSR count). The Hall–Kier alpha value is -0.160. The average Bonchev–Trinajstić information content (AvgIpc) is 2.34. The molecule has 110 valence electrons. The molecule has 0 saturated heterocycles. The van der Waals surface area contributed by atoms with E-state index in [9.17, 15) is 0 Å². The summed E-state index contributed by atoms with van der Waals surface area (Å²) in [6, 6.07) is 0. The predicted molar refractivity (Wildman–Crippen MR) is 77.1 cm³/mol. The maximum atomic E-state index is 5.15. The summed E-state index contributed by atoms with van der Waals surface area (Å²) in [4.78, 5) is 2.46. The van der Waals surface area contributed by atoms with Gasteiger partial charge in [0.1, 0.15) is 0 Å². The lowest BCUT2D eigenvalue weighted by molar-refractivity contribution is 0.132. The van der Waals surface area contributed by atoms with Crippen molar-refractivity contribution in [2.45, 2.75) is 26.7 Å². The van der Waals surface area contributed by atoms with Crippen molar-refractivity contribution in [2.75, 3.05) is 60.2 Å². The molecule has 0 heterocycles. The summed E-state index contributed by atoms with van der Waals surface area (Å²) >= 11 is 0. The van der Waals surface area contributed by atoms with Gasteiger partial charge in [0.2, 0.25) is 0 Å². The molecule has 0 fully saturated rings. The Bertz CT molecular complexity index is 166. The van der Waals surface area contributed by atoms with Gasteiger partial charge in [0, 0.05) is 33.9 Å². The van der Waals surface area contributed by atoms with Crippen LogP contribution in [0.25, 0.3) is 0 Å². The first-order chi connectivity index (χ1) is 8.70. The topological polar surface area (TPSA) is 33.7 Å². The van der Waals surface area contributed by atoms with E-state index in [0.29, 0.717) is 0 Å². The first-order valence-electron chi connectivity index (χ1n) is 7.11. The molecule has 0 aromatic carbocycles. The van der Waals surface area contributed by atoms with Gasteiger partial charge >= 0.3 is 0 Å². The third-order valence-corrected chi connectivity index (χ3v) is 2.81. The fourth-order valence-corrected chi connectivity index (χ4v) is 1.81. The molecule has 0 aromatic heterocycles. The Morgan fingerprint density at radius 1 is 0.944 bits per heavy atom. The highest BCUT2D eigenvalue weighted by atomic mass is 16.5. The number of hydrogen-bond acceptors (Lipinski definition) is 4. The van der Waals surface area contributed by atoms with Crippen molar-refractivity contribution in [3.63, 3.8) is 0 Å². The van der Waals surface area contributed by atoms with Gasteiger partial charge in [-0.1, -0.05) is 13.8 Å². The number of nitrogens with one attached hydrogen (secondary N) is 1. The van der Waals surface area contributed by atoms with Crippen LogP contribution in [-0.4, -0.2) is 65.1 Å². The third-order valence-electron chi connectivity index (χ3n) is 2.81. The molecule has 0 aliphatic carbocycles. The zero-order valence-electron chi connectivity index (χ0n) is 12.7. The van der Waals surface area contributed by atoms with Gasteiger partial charge in [-0.15, -0.1) is 0 Å². The maximum absolute atomic E-state index is 5.15. The van der Waals surface area contributed by atoms with Gasteiger partial charge in [0.05, 0.1) is 6.61 Å². The largest absolute Gasteiger partial charge is 0.385 e. The first kappa shape index (κ1) is 17.8. The van der Waals surface area contributed by atoms with Crippen molar-refractivity contribution in [3.05, 3.63) is 0 Å². The molecule has 4 nitrogen and oxygen atoms in total. The van der Waals surface area contributed by atoms with Gasteiger partial charge in [-0.25, -0.2) is 0 Å². The van der Waals surface area contributed by atoms with E-state index in [4.69, 9.17) is 9.47 Å². The SMILES string of the molecule is COCCCN(CCCNCC(C)C)CCOC. The van der Waals surface area contributed by atoms with Gasteiger partial charge in [-0.2, -0.15) is 0 Å². The van der Waals surface area contributed by atoms with Crippen LogP contribution in [0.5, 0.6) is 0 Å². The molecule has 4 heteroatoms. The minimum absolute atomic E-state index is 0.733. The smallest absolute Gasteiger partial charge is 0.0589 e. The van der Waals surface area contributed by atoms with E-state index < -0.39 is 0 Å². The highest BCUT2D eigenvalue weighted by Gasteiger charge is 2.04. The highest BCUT2D eigenvalue weighted by molar-refractivity contribution is 4.60. The Morgan fingerprint density at radius 3 is 2.22 bits per heavy atom. The number of nitrogens with zero attached hydrogens (tertiary/aromatic N) is 1.